The normalized spacial score (nSPS) is 16.9. The second-order valence-corrected chi connectivity index (χ2v) is 4.02. The lowest BCUT2D eigenvalue weighted by Gasteiger charge is -2.10. The number of benzene rings is 1. The molecule has 16 heavy (non-hydrogen) atoms. The van der Waals surface area contributed by atoms with E-state index in [0.29, 0.717) is 0 Å². The Bertz CT molecular complexity index is 432. The summed E-state index contributed by atoms with van der Waals surface area (Å²) in [5.74, 6) is -0.601. The van der Waals surface area contributed by atoms with Crippen LogP contribution >= 0.6 is 0 Å². The van der Waals surface area contributed by atoms with Gasteiger partial charge >= 0.3 is 5.69 Å². The van der Waals surface area contributed by atoms with Crippen LogP contribution in [0.3, 0.4) is 0 Å². The van der Waals surface area contributed by atoms with Gasteiger partial charge in [-0.3, -0.25) is 10.1 Å². The highest BCUT2D eigenvalue weighted by molar-refractivity contribution is 5.46. The van der Waals surface area contributed by atoms with Crippen LogP contribution in [0.25, 0.3) is 0 Å². The number of nitro benzene ring substituents is 1. The van der Waals surface area contributed by atoms with Crippen LogP contribution in [0.2, 0.25) is 0 Å². The summed E-state index contributed by atoms with van der Waals surface area (Å²) in [4.78, 5) is 9.97. The zero-order chi connectivity index (χ0) is 11.8. The molecule has 0 atom stereocenters. The summed E-state index contributed by atoms with van der Waals surface area (Å²) in [5, 5.41) is 10.6. The predicted octanol–water partition coefficient (Wildman–Crippen LogP) is 1.60. The zero-order valence-electron chi connectivity index (χ0n) is 8.48. The van der Waals surface area contributed by atoms with Gasteiger partial charge in [-0.2, -0.15) is 0 Å². The van der Waals surface area contributed by atoms with E-state index in [1.54, 1.807) is 0 Å². The minimum absolute atomic E-state index is 0.0584. The molecule has 1 aromatic rings. The van der Waals surface area contributed by atoms with E-state index < -0.39 is 10.7 Å². The van der Waals surface area contributed by atoms with Gasteiger partial charge in [0.1, 0.15) is 12.4 Å². The standard InChI is InChI=1S/C10H11FN2O3/c11-7-1-2-9(8(5-7)13(14)15)16-6-10(12)3-4-10/h1-2,5H,3-4,6,12H2. The molecule has 1 aromatic carbocycles. The lowest BCUT2D eigenvalue weighted by Crippen LogP contribution is -2.29. The van der Waals surface area contributed by atoms with Gasteiger partial charge in [-0.25, -0.2) is 4.39 Å². The molecule has 6 heteroatoms. The topological polar surface area (TPSA) is 78.4 Å². The van der Waals surface area contributed by atoms with Crippen molar-refractivity contribution in [2.24, 2.45) is 5.73 Å². The number of ether oxygens (including phenoxy) is 1. The van der Waals surface area contributed by atoms with Gasteiger partial charge < -0.3 is 10.5 Å². The molecule has 1 saturated carbocycles. The Morgan fingerprint density at radius 1 is 1.56 bits per heavy atom. The first-order chi connectivity index (χ1) is 7.50. The maximum absolute atomic E-state index is 12.8. The molecule has 0 saturated heterocycles. The smallest absolute Gasteiger partial charge is 0.313 e. The Kier molecular flexibility index (Phi) is 2.51. The van der Waals surface area contributed by atoms with E-state index in [0.717, 1.165) is 25.0 Å². The minimum Gasteiger partial charge on any atom is -0.485 e. The quantitative estimate of drug-likeness (QED) is 0.624. The molecular weight excluding hydrogens is 215 g/mol. The molecule has 0 aromatic heterocycles. The van der Waals surface area contributed by atoms with Crippen molar-refractivity contribution in [2.75, 3.05) is 6.61 Å². The number of halogens is 1. The lowest BCUT2D eigenvalue weighted by molar-refractivity contribution is -0.386. The van der Waals surface area contributed by atoms with Crippen LogP contribution in [0.4, 0.5) is 10.1 Å². The summed E-state index contributed by atoms with van der Waals surface area (Å²) < 4.78 is 18.1. The van der Waals surface area contributed by atoms with Crippen LogP contribution in [-0.4, -0.2) is 17.1 Å². The summed E-state index contributed by atoms with van der Waals surface area (Å²) in [6, 6.07) is 3.21. The molecule has 1 aliphatic rings. The molecule has 1 aliphatic carbocycles. The number of nitrogens with two attached hydrogens (primary N) is 1. The molecule has 0 unspecified atom stereocenters. The van der Waals surface area contributed by atoms with Crippen LogP contribution in [0.1, 0.15) is 12.8 Å². The molecule has 5 nitrogen and oxygen atoms in total. The maximum Gasteiger partial charge on any atom is 0.313 e. The van der Waals surface area contributed by atoms with Crippen LogP contribution in [0.15, 0.2) is 18.2 Å². The van der Waals surface area contributed by atoms with E-state index in [1.165, 1.54) is 6.07 Å². The third-order valence-electron chi connectivity index (χ3n) is 2.53. The van der Waals surface area contributed by atoms with Crippen molar-refractivity contribution >= 4 is 5.69 Å². The van der Waals surface area contributed by atoms with Crippen LogP contribution in [0, 0.1) is 15.9 Å². The van der Waals surface area contributed by atoms with Crippen LogP contribution in [-0.2, 0) is 0 Å². The van der Waals surface area contributed by atoms with Gasteiger partial charge in [0, 0.05) is 0 Å². The van der Waals surface area contributed by atoms with E-state index in [4.69, 9.17) is 10.5 Å². The van der Waals surface area contributed by atoms with E-state index in [-0.39, 0.29) is 23.6 Å². The van der Waals surface area contributed by atoms with E-state index in [9.17, 15) is 14.5 Å². The van der Waals surface area contributed by atoms with Gasteiger partial charge in [0.2, 0.25) is 0 Å². The molecule has 86 valence electrons. The molecule has 2 rings (SSSR count). The van der Waals surface area contributed by atoms with E-state index >= 15 is 0 Å². The summed E-state index contributed by atoms with van der Waals surface area (Å²) in [5.41, 5.74) is 5.05. The Morgan fingerprint density at radius 3 is 2.81 bits per heavy atom. The molecule has 0 spiro atoms. The average Bonchev–Trinajstić information content (AvgIpc) is 2.95. The number of hydrogen-bond acceptors (Lipinski definition) is 4. The Labute approximate surface area is 91.2 Å². The largest absolute Gasteiger partial charge is 0.485 e. The fourth-order valence-electron chi connectivity index (χ4n) is 1.28. The Hall–Kier alpha value is -1.69. The summed E-state index contributed by atoms with van der Waals surface area (Å²) in [6.45, 7) is 0.222. The molecule has 2 N–H and O–H groups in total. The molecule has 0 radical (unpaired) electrons. The average molecular weight is 226 g/mol. The first-order valence-corrected chi connectivity index (χ1v) is 4.86. The third kappa shape index (κ3) is 2.27. The number of rotatable bonds is 4. The highest BCUT2D eigenvalue weighted by Gasteiger charge is 2.39. The van der Waals surface area contributed by atoms with E-state index in [2.05, 4.69) is 0 Å². The van der Waals surface area contributed by atoms with Crippen molar-refractivity contribution in [1.29, 1.82) is 0 Å². The van der Waals surface area contributed by atoms with Crippen molar-refractivity contribution in [3.63, 3.8) is 0 Å². The van der Waals surface area contributed by atoms with Crippen molar-refractivity contribution in [3.8, 4) is 5.75 Å². The van der Waals surface area contributed by atoms with Crippen LogP contribution < -0.4 is 10.5 Å². The highest BCUT2D eigenvalue weighted by atomic mass is 19.1. The predicted molar refractivity (Wildman–Crippen MR) is 54.7 cm³/mol. The first kappa shape index (κ1) is 10.8. The van der Waals surface area contributed by atoms with Crippen LogP contribution in [0.5, 0.6) is 5.75 Å². The summed E-state index contributed by atoms with van der Waals surface area (Å²) in [6.07, 6.45) is 1.70. The molecular formula is C10H11FN2O3. The van der Waals surface area contributed by atoms with Crippen molar-refractivity contribution in [2.45, 2.75) is 18.4 Å². The maximum atomic E-state index is 12.8. The zero-order valence-corrected chi connectivity index (χ0v) is 8.48. The van der Waals surface area contributed by atoms with Crippen molar-refractivity contribution < 1.29 is 14.1 Å². The first-order valence-electron chi connectivity index (χ1n) is 4.86. The second kappa shape index (κ2) is 3.71. The molecule has 0 heterocycles. The molecule has 0 amide bonds. The second-order valence-electron chi connectivity index (χ2n) is 4.02. The Balaban J connectivity index is 2.15. The summed E-state index contributed by atoms with van der Waals surface area (Å²) >= 11 is 0. The van der Waals surface area contributed by atoms with Gasteiger partial charge in [0.15, 0.2) is 5.75 Å². The minimum atomic E-state index is -0.672. The van der Waals surface area contributed by atoms with Gasteiger partial charge in [-0.05, 0) is 25.0 Å². The highest BCUT2D eigenvalue weighted by Crippen LogP contribution is 2.34. The third-order valence-corrected chi connectivity index (χ3v) is 2.53. The van der Waals surface area contributed by atoms with Gasteiger partial charge in [0.25, 0.3) is 0 Å². The fraction of sp³-hybridized carbons (Fsp3) is 0.400. The number of nitrogens with zero attached hydrogens (tertiary/aromatic N) is 1. The van der Waals surface area contributed by atoms with Gasteiger partial charge in [-0.15, -0.1) is 0 Å². The lowest BCUT2D eigenvalue weighted by atomic mass is 10.3. The fourth-order valence-corrected chi connectivity index (χ4v) is 1.28. The van der Waals surface area contributed by atoms with E-state index in [1.807, 2.05) is 0 Å². The molecule has 0 aliphatic heterocycles. The van der Waals surface area contributed by atoms with Crippen molar-refractivity contribution in [1.82, 2.24) is 0 Å². The van der Waals surface area contributed by atoms with Gasteiger partial charge in [0.05, 0.1) is 16.5 Å². The molecule has 1 fully saturated rings. The monoisotopic (exact) mass is 226 g/mol. The number of hydrogen-bond donors (Lipinski definition) is 1. The summed E-state index contributed by atoms with van der Waals surface area (Å²) in [7, 11) is 0. The van der Waals surface area contributed by atoms with Gasteiger partial charge in [-0.1, -0.05) is 0 Å². The Morgan fingerprint density at radius 2 is 2.25 bits per heavy atom. The molecule has 0 bridgehead atoms. The number of nitro groups is 1. The van der Waals surface area contributed by atoms with Crippen molar-refractivity contribution in [3.05, 3.63) is 34.1 Å². The SMILES string of the molecule is NC1(COc2ccc(F)cc2[N+](=O)[O-])CC1.